The average molecular weight is 490 g/mol. The summed E-state index contributed by atoms with van der Waals surface area (Å²) in [5.41, 5.74) is 2.62. The Morgan fingerprint density at radius 2 is 0.920 bits per heavy atom. The van der Waals surface area contributed by atoms with Gasteiger partial charge >= 0.3 is 34.5 Å². The van der Waals surface area contributed by atoms with Gasteiger partial charge in [-0.25, -0.2) is 0 Å². The van der Waals surface area contributed by atoms with Gasteiger partial charge in [0.25, 0.3) is 0 Å². The van der Waals surface area contributed by atoms with Crippen molar-refractivity contribution in [3.05, 3.63) is 72.8 Å². The fraction of sp³-hybridized carbons (Fsp3) is 0. The van der Waals surface area contributed by atoms with Crippen LogP contribution in [-0.4, -0.2) is 0 Å². The van der Waals surface area contributed by atoms with Gasteiger partial charge in [0, 0.05) is 0 Å². The number of hydrogen-bond acceptors (Lipinski definition) is 0. The molecule has 0 aliphatic rings. The van der Waals surface area contributed by atoms with Crippen LogP contribution in [0.25, 0.3) is 32.7 Å². The molecule has 5 heteroatoms. The number of halogens is 2. The van der Waals surface area contributed by atoms with E-state index in [1.54, 1.807) is 0 Å². The number of rotatable bonds is 1. The van der Waals surface area contributed by atoms with Gasteiger partial charge in [0.1, 0.15) is 0 Å². The van der Waals surface area contributed by atoms with Gasteiger partial charge in [-0.3, -0.25) is 0 Å². The van der Waals surface area contributed by atoms with Crippen LogP contribution in [0, 0.1) is 0 Å². The van der Waals surface area contributed by atoms with E-state index >= 15 is 0 Å². The minimum absolute atomic E-state index is 0.346. The van der Waals surface area contributed by atoms with Crippen molar-refractivity contribution in [3.63, 3.8) is 0 Å². The quantitative estimate of drug-likeness (QED) is 0.226. The molecule has 0 heterocycles. The molecule has 0 saturated heterocycles. The number of hydrogen-bond donors (Lipinski definition) is 0. The second-order valence-corrected chi connectivity index (χ2v) is 9.44. The van der Waals surface area contributed by atoms with E-state index in [1.165, 1.54) is 43.3 Å². The molecule has 4 rings (SSSR count). The molecule has 4 aromatic carbocycles. The van der Waals surface area contributed by atoms with Gasteiger partial charge in [-0.15, -0.1) is 18.5 Å². The summed E-state index contributed by atoms with van der Waals surface area (Å²) in [5.74, 6) is 0. The Hall–Kier alpha value is -0.537. The molecule has 0 radical (unpaired) electrons. The molecule has 2 atom stereocenters. The Bertz CT molecular complexity index is 951. The van der Waals surface area contributed by atoms with Gasteiger partial charge in [-0.05, 0) is 43.3 Å². The Morgan fingerprint density at radius 3 is 1.32 bits per heavy atom. The molecular weight excluding hydrogens is 474 g/mol. The average Bonchev–Trinajstić information content (AvgIpc) is 2.63. The van der Waals surface area contributed by atoms with E-state index in [1.807, 2.05) is 0 Å². The summed E-state index contributed by atoms with van der Waals surface area (Å²) in [7, 11) is 15.5. The van der Waals surface area contributed by atoms with Crippen molar-refractivity contribution in [2.75, 3.05) is 0 Å². The van der Waals surface area contributed by atoms with Crippen LogP contribution in [0.2, 0.25) is 0 Å². The molecule has 0 aliphatic carbocycles. The first kappa shape index (κ1) is 19.2. The zero-order chi connectivity index (χ0) is 17.8. The van der Waals surface area contributed by atoms with Crippen molar-refractivity contribution in [1.29, 1.82) is 0 Å². The van der Waals surface area contributed by atoms with E-state index in [0.717, 1.165) is 0 Å². The first-order valence-electron chi connectivity index (χ1n) is 7.57. The van der Waals surface area contributed by atoms with E-state index in [0.29, 0.717) is 0 Å². The van der Waals surface area contributed by atoms with Gasteiger partial charge in [-0.2, -0.15) is 0 Å². The molecule has 0 N–H and O–H groups in total. The van der Waals surface area contributed by atoms with E-state index in [2.05, 4.69) is 91.3 Å². The minimum atomic E-state index is -0.346. The monoisotopic (exact) mass is 490 g/mol. The summed E-state index contributed by atoms with van der Waals surface area (Å²) in [6.45, 7) is 0. The van der Waals surface area contributed by atoms with Crippen LogP contribution in [0.3, 0.4) is 0 Å². The summed E-state index contributed by atoms with van der Waals surface area (Å²) >= 11 is -0.346. The molecule has 0 aromatic heterocycles. The van der Waals surface area contributed by atoms with Crippen LogP contribution >= 0.6 is 37.9 Å². The zero-order valence-electron chi connectivity index (χ0n) is 13.2. The molecule has 4 aromatic rings. The predicted octanol–water partition coefficient (Wildman–Crippen LogP) is 6.04. The Balaban J connectivity index is 0.000000569. The molecule has 0 saturated carbocycles. The molecular formula is C20H16Cl2P2Ru. The van der Waals surface area contributed by atoms with Gasteiger partial charge in [0.15, 0.2) is 0 Å². The van der Waals surface area contributed by atoms with Crippen molar-refractivity contribution in [1.82, 2.24) is 0 Å². The van der Waals surface area contributed by atoms with Crippen LogP contribution < -0.4 is 10.6 Å². The van der Waals surface area contributed by atoms with Crippen LogP contribution in [0.15, 0.2) is 72.8 Å². The molecule has 0 nitrogen and oxygen atoms in total. The van der Waals surface area contributed by atoms with Crippen molar-refractivity contribution < 1.29 is 15.1 Å². The predicted molar refractivity (Wildman–Crippen MR) is 117 cm³/mol. The van der Waals surface area contributed by atoms with E-state index < -0.39 is 0 Å². The van der Waals surface area contributed by atoms with Gasteiger partial charge < -0.3 is 0 Å². The van der Waals surface area contributed by atoms with Crippen LogP contribution in [0.4, 0.5) is 0 Å². The Kier molecular flexibility index (Phi) is 6.85. The third-order valence-corrected chi connectivity index (χ3v) is 5.13. The van der Waals surface area contributed by atoms with Crippen LogP contribution in [-0.2, 0) is 15.1 Å². The summed E-state index contributed by atoms with van der Waals surface area (Å²) in [4.78, 5) is 0. The maximum absolute atomic E-state index is 4.85. The third kappa shape index (κ3) is 4.08. The number of fused-ring (bicyclic) bond motifs is 2. The van der Waals surface area contributed by atoms with Crippen molar-refractivity contribution in [3.8, 4) is 11.1 Å². The van der Waals surface area contributed by atoms with Crippen LogP contribution in [0.1, 0.15) is 0 Å². The van der Waals surface area contributed by atoms with Gasteiger partial charge in [0.05, 0.1) is 0 Å². The molecule has 0 amide bonds. The molecule has 25 heavy (non-hydrogen) atoms. The van der Waals surface area contributed by atoms with E-state index in [4.69, 9.17) is 19.4 Å². The van der Waals surface area contributed by atoms with Crippen molar-refractivity contribution in [2.45, 2.75) is 0 Å². The third-order valence-electron chi connectivity index (χ3n) is 4.17. The topological polar surface area (TPSA) is 0 Å². The number of benzene rings is 4. The molecule has 128 valence electrons. The normalized spacial score (nSPS) is 10.7. The first-order valence-corrected chi connectivity index (χ1v) is 13.2. The molecule has 2 unspecified atom stereocenters. The maximum atomic E-state index is 4.85. The summed E-state index contributed by atoms with van der Waals surface area (Å²) < 4.78 is 0. The summed E-state index contributed by atoms with van der Waals surface area (Å²) in [6.07, 6.45) is 0. The van der Waals surface area contributed by atoms with Crippen molar-refractivity contribution >= 4 is 70.0 Å². The molecule has 0 fully saturated rings. The Labute approximate surface area is 168 Å². The van der Waals surface area contributed by atoms with E-state index in [-0.39, 0.29) is 15.1 Å². The summed E-state index contributed by atoms with van der Waals surface area (Å²) in [5, 5.41) is 7.63. The summed E-state index contributed by atoms with van der Waals surface area (Å²) in [6, 6.07) is 26.0. The van der Waals surface area contributed by atoms with E-state index in [9.17, 15) is 0 Å². The van der Waals surface area contributed by atoms with Crippen LogP contribution in [0.5, 0.6) is 0 Å². The second kappa shape index (κ2) is 8.90. The zero-order valence-corrected chi connectivity index (χ0v) is 18.8. The van der Waals surface area contributed by atoms with Crippen molar-refractivity contribution in [2.24, 2.45) is 0 Å². The second-order valence-electron chi connectivity index (χ2n) is 5.55. The SMILES string of the molecule is Pc1ccc2ccccc2c1-c1c(P)ccc2ccccc12.[Cl][Ru][Cl]. The van der Waals surface area contributed by atoms with Gasteiger partial charge in [-0.1, -0.05) is 72.8 Å². The Morgan fingerprint density at radius 1 is 0.560 bits per heavy atom. The standard InChI is InChI=1S/C20H16P2.2ClH.Ru/c21-17-11-9-13-5-1-3-7-15(13)19(17)20-16-8-4-2-6-14(16)10-12-18(20)22;;;/h1-12H,21-22H2;2*1H;/q;;;+2/p-2. The molecule has 0 aliphatic heterocycles. The molecule has 0 bridgehead atoms. The van der Waals surface area contributed by atoms with Gasteiger partial charge in [0.2, 0.25) is 0 Å². The fourth-order valence-corrected chi connectivity index (χ4v) is 3.93. The fourth-order valence-electron chi connectivity index (χ4n) is 3.13. The molecule has 0 spiro atoms. The first-order chi connectivity index (χ1) is 12.2.